The van der Waals surface area contributed by atoms with Crippen molar-refractivity contribution in [2.75, 3.05) is 11.9 Å². The molecule has 1 amide bonds. The van der Waals surface area contributed by atoms with E-state index in [9.17, 15) is 4.79 Å². The minimum Gasteiger partial charge on any atom is -0.491 e. The van der Waals surface area contributed by atoms with Gasteiger partial charge in [0, 0.05) is 11.8 Å². The van der Waals surface area contributed by atoms with Gasteiger partial charge in [-0.05, 0) is 31.2 Å². The largest absolute Gasteiger partial charge is 0.491 e. The van der Waals surface area contributed by atoms with Crippen LogP contribution in [0.5, 0.6) is 5.75 Å². The Morgan fingerprint density at radius 1 is 1.35 bits per heavy atom. The van der Waals surface area contributed by atoms with E-state index in [-0.39, 0.29) is 5.91 Å². The molecule has 4 nitrogen and oxygen atoms in total. The third-order valence-electron chi connectivity index (χ3n) is 2.47. The summed E-state index contributed by atoms with van der Waals surface area (Å²) in [5.41, 5.74) is 0.950. The molecule has 0 bridgehead atoms. The first kappa shape index (κ1) is 14.6. The van der Waals surface area contributed by atoms with Crippen LogP contribution in [0, 0.1) is 0 Å². The lowest BCUT2D eigenvalue weighted by molar-refractivity contribution is 0.102. The highest BCUT2D eigenvalue weighted by atomic mass is 35.5. The Bertz CT molecular complexity index is 595. The number of aromatic nitrogens is 1. The minimum atomic E-state index is -0.315. The normalized spacial score (nSPS) is 10.2. The number of hydrogen-bond donors (Lipinski definition) is 1. The van der Waals surface area contributed by atoms with Gasteiger partial charge in [-0.1, -0.05) is 23.2 Å². The highest BCUT2D eigenvalue weighted by Crippen LogP contribution is 2.34. The van der Waals surface area contributed by atoms with Gasteiger partial charge >= 0.3 is 0 Å². The summed E-state index contributed by atoms with van der Waals surface area (Å²) in [7, 11) is 0. The van der Waals surface area contributed by atoms with Gasteiger partial charge in [0.1, 0.15) is 0 Å². The number of carbonyl (C=O) groups is 1. The molecule has 2 rings (SSSR count). The Hall–Kier alpha value is -1.78. The number of rotatable bonds is 4. The Kier molecular flexibility index (Phi) is 4.82. The maximum Gasteiger partial charge on any atom is 0.255 e. The van der Waals surface area contributed by atoms with Gasteiger partial charge in [0.15, 0.2) is 5.75 Å². The molecule has 104 valence electrons. The van der Waals surface area contributed by atoms with Gasteiger partial charge in [-0.3, -0.25) is 9.78 Å². The van der Waals surface area contributed by atoms with Gasteiger partial charge in [0.2, 0.25) is 0 Å². The lowest BCUT2D eigenvalue weighted by Crippen LogP contribution is -2.12. The average molecular weight is 311 g/mol. The monoisotopic (exact) mass is 310 g/mol. The molecule has 1 aromatic carbocycles. The zero-order valence-corrected chi connectivity index (χ0v) is 12.2. The topological polar surface area (TPSA) is 51.2 Å². The molecule has 0 aliphatic heterocycles. The molecule has 0 atom stereocenters. The van der Waals surface area contributed by atoms with Crippen molar-refractivity contribution < 1.29 is 9.53 Å². The highest BCUT2D eigenvalue weighted by molar-refractivity contribution is 6.37. The fourth-order valence-electron chi connectivity index (χ4n) is 1.61. The standard InChI is InChI=1S/C14H12Cl2N2O2/c1-2-20-13-11(15)6-9(7-12(13)16)14(19)18-10-4-3-5-17-8-10/h3-8H,2H2,1H3,(H,18,19). The van der Waals surface area contributed by atoms with Gasteiger partial charge < -0.3 is 10.1 Å². The third kappa shape index (κ3) is 3.40. The van der Waals surface area contributed by atoms with Gasteiger partial charge in [0.05, 0.1) is 28.5 Å². The maximum absolute atomic E-state index is 12.1. The number of nitrogens with zero attached hydrogens (tertiary/aromatic N) is 1. The zero-order chi connectivity index (χ0) is 14.5. The molecule has 0 saturated heterocycles. The molecular weight excluding hydrogens is 299 g/mol. The van der Waals surface area contributed by atoms with E-state index in [1.165, 1.54) is 12.1 Å². The molecule has 0 spiro atoms. The summed E-state index contributed by atoms with van der Waals surface area (Å²) < 4.78 is 5.31. The molecule has 0 aliphatic rings. The number of benzene rings is 1. The van der Waals surface area contributed by atoms with Crippen molar-refractivity contribution >= 4 is 34.8 Å². The van der Waals surface area contributed by atoms with E-state index in [4.69, 9.17) is 27.9 Å². The number of pyridine rings is 1. The van der Waals surface area contributed by atoms with Gasteiger partial charge in [-0.2, -0.15) is 0 Å². The number of carbonyl (C=O) groups excluding carboxylic acids is 1. The number of hydrogen-bond acceptors (Lipinski definition) is 3. The van der Waals surface area contributed by atoms with Gasteiger partial charge in [0.25, 0.3) is 5.91 Å². The first-order chi connectivity index (χ1) is 9.61. The van der Waals surface area contributed by atoms with Crippen LogP contribution in [0.15, 0.2) is 36.7 Å². The number of halogens is 2. The predicted molar refractivity (Wildman–Crippen MR) is 79.8 cm³/mol. The van der Waals surface area contributed by atoms with Crippen molar-refractivity contribution in [3.8, 4) is 5.75 Å². The van der Waals surface area contributed by atoms with Crippen LogP contribution in [-0.2, 0) is 0 Å². The summed E-state index contributed by atoms with van der Waals surface area (Å²) in [6.45, 7) is 2.27. The van der Waals surface area contributed by atoms with Crippen LogP contribution in [0.2, 0.25) is 10.0 Å². The molecular formula is C14H12Cl2N2O2. The Morgan fingerprint density at radius 2 is 2.05 bits per heavy atom. The van der Waals surface area contributed by atoms with E-state index in [2.05, 4.69) is 10.3 Å². The van der Waals surface area contributed by atoms with Crippen LogP contribution < -0.4 is 10.1 Å². The predicted octanol–water partition coefficient (Wildman–Crippen LogP) is 4.04. The summed E-state index contributed by atoms with van der Waals surface area (Å²) in [5, 5.41) is 3.31. The first-order valence-corrected chi connectivity index (χ1v) is 6.70. The molecule has 0 saturated carbocycles. The Labute approximate surface area is 126 Å². The van der Waals surface area contributed by atoms with Crippen molar-refractivity contribution in [1.29, 1.82) is 0 Å². The molecule has 0 aliphatic carbocycles. The minimum absolute atomic E-state index is 0.302. The van der Waals surface area contributed by atoms with Crippen LogP contribution >= 0.6 is 23.2 Å². The van der Waals surface area contributed by atoms with E-state index in [1.807, 2.05) is 6.92 Å². The van der Waals surface area contributed by atoms with Crippen molar-refractivity contribution in [1.82, 2.24) is 4.98 Å². The van der Waals surface area contributed by atoms with Crippen LogP contribution in [0.1, 0.15) is 17.3 Å². The van der Waals surface area contributed by atoms with Crippen molar-refractivity contribution in [2.45, 2.75) is 6.92 Å². The quantitative estimate of drug-likeness (QED) is 0.927. The molecule has 1 heterocycles. The van der Waals surface area contributed by atoms with E-state index in [0.717, 1.165) is 0 Å². The summed E-state index contributed by atoms with van der Waals surface area (Å²) in [4.78, 5) is 16.0. The maximum atomic E-state index is 12.1. The fraction of sp³-hybridized carbons (Fsp3) is 0.143. The second kappa shape index (κ2) is 6.59. The SMILES string of the molecule is CCOc1c(Cl)cc(C(=O)Nc2cccnc2)cc1Cl. The van der Waals surface area contributed by atoms with Crippen molar-refractivity contribution in [3.05, 3.63) is 52.3 Å². The third-order valence-corrected chi connectivity index (χ3v) is 3.03. The number of ether oxygens (including phenoxy) is 1. The molecule has 20 heavy (non-hydrogen) atoms. The van der Waals surface area contributed by atoms with Crippen LogP contribution in [0.25, 0.3) is 0 Å². The Morgan fingerprint density at radius 3 is 2.60 bits per heavy atom. The molecule has 0 radical (unpaired) electrons. The summed E-state index contributed by atoms with van der Waals surface area (Å²) >= 11 is 12.1. The van der Waals surface area contributed by atoms with Crippen LogP contribution in [0.3, 0.4) is 0 Å². The number of amides is 1. The van der Waals surface area contributed by atoms with Gasteiger partial charge in [-0.25, -0.2) is 0 Å². The van der Waals surface area contributed by atoms with Crippen molar-refractivity contribution in [3.63, 3.8) is 0 Å². The van der Waals surface area contributed by atoms with Crippen LogP contribution in [-0.4, -0.2) is 17.5 Å². The highest BCUT2D eigenvalue weighted by Gasteiger charge is 2.14. The van der Waals surface area contributed by atoms with E-state index >= 15 is 0 Å². The first-order valence-electron chi connectivity index (χ1n) is 5.95. The van der Waals surface area contributed by atoms with E-state index in [0.29, 0.717) is 33.7 Å². The Balaban J connectivity index is 2.23. The summed E-state index contributed by atoms with van der Waals surface area (Å²) in [5.74, 6) is 0.0682. The average Bonchev–Trinajstić information content (AvgIpc) is 2.43. The molecule has 6 heteroatoms. The van der Waals surface area contributed by atoms with E-state index in [1.54, 1.807) is 24.5 Å². The zero-order valence-electron chi connectivity index (χ0n) is 10.7. The lowest BCUT2D eigenvalue weighted by Gasteiger charge is -2.10. The smallest absolute Gasteiger partial charge is 0.255 e. The molecule has 1 N–H and O–H groups in total. The number of anilines is 1. The molecule has 0 unspecified atom stereocenters. The summed E-state index contributed by atoms with van der Waals surface area (Å²) in [6, 6.07) is 6.50. The van der Waals surface area contributed by atoms with Crippen LogP contribution in [0.4, 0.5) is 5.69 Å². The second-order valence-electron chi connectivity index (χ2n) is 3.90. The van der Waals surface area contributed by atoms with Crippen molar-refractivity contribution in [2.24, 2.45) is 0 Å². The molecule has 1 aromatic heterocycles. The van der Waals surface area contributed by atoms with Gasteiger partial charge in [-0.15, -0.1) is 0 Å². The number of nitrogens with one attached hydrogen (secondary N) is 1. The second-order valence-corrected chi connectivity index (χ2v) is 4.71. The molecule has 0 fully saturated rings. The fourth-order valence-corrected chi connectivity index (χ4v) is 2.21. The van der Waals surface area contributed by atoms with E-state index < -0.39 is 0 Å². The lowest BCUT2D eigenvalue weighted by atomic mass is 10.2. The summed E-state index contributed by atoms with van der Waals surface area (Å²) in [6.07, 6.45) is 3.18. The molecule has 2 aromatic rings.